The Bertz CT molecular complexity index is 1660. The average Bonchev–Trinajstić information content (AvgIpc) is 3.37. The molecule has 5 rings (SSSR count). The van der Waals surface area contributed by atoms with Crippen LogP contribution in [0.3, 0.4) is 0 Å². The SMILES string of the molecule is CCc1ccccc1-n1[nH]c2cc(=O)n(Cc3ccn(C)n3)c(-c3ccc(O)cc3F)c2c1=O. The van der Waals surface area contributed by atoms with Crippen LogP contribution in [-0.4, -0.2) is 29.2 Å². The maximum absolute atomic E-state index is 15.1. The summed E-state index contributed by atoms with van der Waals surface area (Å²) in [5.74, 6) is -1.00. The van der Waals surface area contributed by atoms with Crippen LogP contribution in [0, 0.1) is 5.82 Å². The van der Waals surface area contributed by atoms with Crippen LogP contribution < -0.4 is 11.1 Å². The summed E-state index contributed by atoms with van der Waals surface area (Å²) in [4.78, 5) is 26.9. The van der Waals surface area contributed by atoms with Crippen molar-refractivity contribution in [2.45, 2.75) is 19.9 Å². The summed E-state index contributed by atoms with van der Waals surface area (Å²) in [5, 5.41) is 17.3. The van der Waals surface area contributed by atoms with Crippen molar-refractivity contribution >= 4 is 10.9 Å². The second kappa shape index (κ2) is 8.18. The summed E-state index contributed by atoms with van der Waals surface area (Å²) in [6, 6.07) is 14.2. The first kappa shape index (κ1) is 21.4. The standard InChI is InChI=1S/C25H22FN5O3/c1-3-15-6-4-5-7-21(15)31-25(34)23-20(28-31)13-22(33)30(14-16-10-11-29(2)27-16)24(23)18-9-8-17(32)12-19(18)26/h4-13,28,32H,3,14H2,1-2H3. The molecule has 0 atom stereocenters. The number of phenolic OH excluding ortho intramolecular Hbond substituents is 1. The Hall–Kier alpha value is -4.40. The maximum Gasteiger partial charge on any atom is 0.281 e. The number of pyridine rings is 1. The highest BCUT2D eigenvalue weighted by molar-refractivity contribution is 5.92. The second-order valence-corrected chi connectivity index (χ2v) is 8.09. The van der Waals surface area contributed by atoms with E-state index >= 15 is 4.39 Å². The number of para-hydroxylation sites is 1. The predicted octanol–water partition coefficient (Wildman–Crippen LogP) is 3.34. The van der Waals surface area contributed by atoms with Gasteiger partial charge >= 0.3 is 0 Å². The molecule has 0 saturated heterocycles. The molecular weight excluding hydrogens is 437 g/mol. The quantitative estimate of drug-likeness (QED) is 0.421. The molecule has 0 aliphatic carbocycles. The predicted molar refractivity (Wildman–Crippen MR) is 127 cm³/mol. The van der Waals surface area contributed by atoms with E-state index in [0.29, 0.717) is 23.3 Å². The molecule has 3 aromatic heterocycles. The van der Waals surface area contributed by atoms with Crippen LogP contribution in [0.1, 0.15) is 18.2 Å². The monoisotopic (exact) mass is 459 g/mol. The van der Waals surface area contributed by atoms with Gasteiger partial charge in [-0.05, 0) is 36.2 Å². The molecule has 0 aliphatic heterocycles. The smallest absolute Gasteiger partial charge is 0.281 e. The van der Waals surface area contributed by atoms with Crippen LogP contribution >= 0.6 is 0 Å². The number of rotatable bonds is 5. The van der Waals surface area contributed by atoms with Gasteiger partial charge in [0.25, 0.3) is 11.1 Å². The summed E-state index contributed by atoms with van der Waals surface area (Å²) in [6.45, 7) is 2.03. The summed E-state index contributed by atoms with van der Waals surface area (Å²) in [5.41, 5.74) is 1.80. The van der Waals surface area contributed by atoms with Crippen molar-refractivity contribution < 1.29 is 9.50 Å². The van der Waals surface area contributed by atoms with Crippen molar-refractivity contribution in [3.63, 3.8) is 0 Å². The molecule has 172 valence electrons. The fourth-order valence-electron chi connectivity index (χ4n) is 4.27. The van der Waals surface area contributed by atoms with Gasteiger partial charge in [-0.25, -0.2) is 9.07 Å². The number of nitrogens with one attached hydrogen (secondary N) is 1. The van der Waals surface area contributed by atoms with E-state index in [1.54, 1.807) is 24.0 Å². The Labute approximate surface area is 193 Å². The van der Waals surface area contributed by atoms with Crippen molar-refractivity contribution in [1.29, 1.82) is 0 Å². The van der Waals surface area contributed by atoms with E-state index in [2.05, 4.69) is 10.2 Å². The lowest BCUT2D eigenvalue weighted by Gasteiger charge is -2.14. The minimum absolute atomic E-state index is 0.0310. The van der Waals surface area contributed by atoms with Crippen molar-refractivity contribution in [3.8, 4) is 22.7 Å². The van der Waals surface area contributed by atoms with Crippen molar-refractivity contribution in [1.82, 2.24) is 24.1 Å². The molecule has 0 radical (unpaired) electrons. The number of hydrogen-bond acceptors (Lipinski definition) is 4. The largest absolute Gasteiger partial charge is 0.508 e. The Morgan fingerprint density at radius 3 is 2.59 bits per heavy atom. The first-order valence-electron chi connectivity index (χ1n) is 10.8. The second-order valence-electron chi connectivity index (χ2n) is 8.09. The number of benzene rings is 2. The van der Waals surface area contributed by atoms with E-state index in [-0.39, 0.29) is 28.9 Å². The van der Waals surface area contributed by atoms with Gasteiger partial charge in [-0.1, -0.05) is 25.1 Å². The van der Waals surface area contributed by atoms with Gasteiger partial charge in [-0.2, -0.15) is 5.10 Å². The van der Waals surface area contributed by atoms with Gasteiger partial charge in [-0.3, -0.25) is 19.4 Å². The minimum Gasteiger partial charge on any atom is -0.508 e. The molecule has 2 aromatic carbocycles. The van der Waals surface area contributed by atoms with Crippen molar-refractivity contribution in [2.24, 2.45) is 7.05 Å². The van der Waals surface area contributed by atoms with Crippen LogP contribution in [0.4, 0.5) is 4.39 Å². The van der Waals surface area contributed by atoms with Gasteiger partial charge < -0.3 is 9.67 Å². The van der Waals surface area contributed by atoms with Gasteiger partial charge in [0.15, 0.2) is 0 Å². The van der Waals surface area contributed by atoms with E-state index in [1.807, 2.05) is 31.2 Å². The summed E-state index contributed by atoms with van der Waals surface area (Å²) >= 11 is 0. The van der Waals surface area contributed by atoms with E-state index in [1.165, 1.54) is 27.4 Å². The molecule has 2 N–H and O–H groups in total. The zero-order valence-electron chi connectivity index (χ0n) is 18.6. The molecule has 8 nitrogen and oxygen atoms in total. The van der Waals surface area contributed by atoms with Gasteiger partial charge in [0.1, 0.15) is 11.6 Å². The first-order chi connectivity index (χ1) is 16.4. The third-order valence-electron chi connectivity index (χ3n) is 5.87. The Kier molecular flexibility index (Phi) is 5.16. The molecule has 0 aliphatic rings. The number of aromatic hydroxyl groups is 1. The highest BCUT2D eigenvalue weighted by Crippen LogP contribution is 2.30. The number of hydrogen-bond donors (Lipinski definition) is 2. The number of H-pyrrole nitrogens is 1. The van der Waals surface area contributed by atoms with E-state index in [0.717, 1.165) is 11.6 Å². The molecule has 34 heavy (non-hydrogen) atoms. The normalized spacial score (nSPS) is 11.4. The molecule has 9 heteroatoms. The van der Waals surface area contributed by atoms with Crippen LogP contribution in [0.5, 0.6) is 5.75 Å². The third-order valence-corrected chi connectivity index (χ3v) is 5.87. The Balaban J connectivity index is 1.87. The van der Waals surface area contributed by atoms with Gasteiger partial charge in [0.05, 0.1) is 34.5 Å². The molecule has 0 spiro atoms. The molecule has 0 saturated carbocycles. The van der Waals surface area contributed by atoms with E-state index in [9.17, 15) is 14.7 Å². The van der Waals surface area contributed by atoms with Crippen molar-refractivity contribution in [3.05, 3.63) is 98.6 Å². The van der Waals surface area contributed by atoms with Gasteiger partial charge in [-0.15, -0.1) is 0 Å². The van der Waals surface area contributed by atoms with Gasteiger partial charge in [0, 0.05) is 30.9 Å². The van der Waals surface area contributed by atoms with E-state index in [4.69, 9.17) is 0 Å². The number of aromatic amines is 1. The number of phenols is 1. The lowest BCUT2D eigenvalue weighted by Crippen LogP contribution is -2.24. The molecular formula is C25H22FN5O3. The number of halogens is 1. The number of fused-ring (bicyclic) bond motifs is 1. The molecule has 5 aromatic rings. The number of aryl methyl sites for hydroxylation is 2. The summed E-state index contributed by atoms with van der Waals surface area (Å²) in [7, 11) is 1.76. The third kappa shape index (κ3) is 3.51. The zero-order chi connectivity index (χ0) is 24.0. The fraction of sp³-hybridized carbons (Fsp3) is 0.160. The number of nitrogens with zero attached hydrogens (tertiary/aromatic N) is 4. The van der Waals surface area contributed by atoms with Crippen LogP contribution in [0.15, 0.2) is 70.4 Å². The Morgan fingerprint density at radius 1 is 1.09 bits per heavy atom. The molecule has 0 fully saturated rings. The lowest BCUT2D eigenvalue weighted by atomic mass is 10.1. The first-order valence-corrected chi connectivity index (χ1v) is 10.8. The van der Waals surface area contributed by atoms with Crippen LogP contribution in [0.2, 0.25) is 0 Å². The molecule has 0 unspecified atom stereocenters. The minimum atomic E-state index is -0.747. The molecule has 0 amide bonds. The summed E-state index contributed by atoms with van der Waals surface area (Å²) < 4.78 is 19.4. The molecule has 3 heterocycles. The number of aromatic nitrogens is 5. The maximum atomic E-state index is 15.1. The fourth-order valence-corrected chi connectivity index (χ4v) is 4.27. The van der Waals surface area contributed by atoms with Crippen LogP contribution in [0.25, 0.3) is 27.8 Å². The average molecular weight is 459 g/mol. The summed E-state index contributed by atoms with van der Waals surface area (Å²) in [6.07, 6.45) is 2.44. The highest BCUT2D eigenvalue weighted by Gasteiger charge is 2.22. The highest BCUT2D eigenvalue weighted by atomic mass is 19.1. The van der Waals surface area contributed by atoms with E-state index < -0.39 is 16.9 Å². The van der Waals surface area contributed by atoms with Crippen LogP contribution in [-0.2, 0) is 20.0 Å². The zero-order valence-corrected chi connectivity index (χ0v) is 18.6. The van der Waals surface area contributed by atoms with Gasteiger partial charge in [0.2, 0.25) is 0 Å². The Morgan fingerprint density at radius 2 is 1.88 bits per heavy atom. The topological polar surface area (TPSA) is 97.8 Å². The molecule has 0 bridgehead atoms. The van der Waals surface area contributed by atoms with Crippen molar-refractivity contribution in [2.75, 3.05) is 0 Å². The lowest BCUT2D eigenvalue weighted by molar-refractivity contribution is 0.469.